The highest BCUT2D eigenvalue weighted by Crippen LogP contribution is 2.19. The fraction of sp³-hybridized carbons (Fsp3) is 0.364. The lowest BCUT2D eigenvalue weighted by molar-refractivity contribution is 0.0953. The fourth-order valence-electron chi connectivity index (χ4n) is 1.36. The molecule has 0 radical (unpaired) electrons. The van der Waals surface area contributed by atoms with Crippen LogP contribution in [0.3, 0.4) is 0 Å². The van der Waals surface area contributed by atoms with Crippen molar-refractivity contribution >= 4 is 31.9 Å². The molecule has 18 heavy (non-hydrogen) atoms. The van der Waals surface area contributed by atoms with Gasteiger partial charge in [0, 0.05) is 23.1 Å². The van der Waals surface area contributed by atoms with Gasteiger partial charge in [0.1, 0.15) is 0 Å². The first-order chi connectivity index (χ1) is 8.31. The summed E-state index contributed by atoms with van der Waals surface area (Å²) in [5, 5.41) is 2.65. The Morgan fingerprint density at radius 3 is 2.61 bits per heavy atom. The van der Waals surface area contributed by atoms with Crippen LogP contribution in [0.4, 0.5) is 0 Å². The van der Waals surface area contributed by atoms with Gasteiger partial charge in [-0.1, -0.05) is 22.0 Å². The van der Waals surface area contributed by atoms with E-state index in [2.05, 4.69) is 26.0 Å². The average molecular weight is 335 g/mol. The van der Waals surface area contributed by atoms with Crippen LogP contribution in [0.15, 0.2) is 22.7 Å². The quantitative estimate of drug-likeness (QED) is 0.790. The molecule has 1 aromatic carbocycles. The highest BCUT2D eigenvalue weighted by molar-refractivity contribution is 9.10. The molecule has 0 saturated heterocycles. The molecule has 1 aromatic rings. The molecule has 0 atom stereocenters. The molecule has 0 saturated carbocycles. The van der Waals surface area contributed by atoms with Crippen LogP contribution in [0.25, 0.3) is 0 Å². The molecule has 0 bridgehead atoms. The number of benzene rings is 1. The zero-order valence-electron chi connectivity index (χ0n) is 10.2. The normalized spacial score (nSPS) is 11.3. The molecule has 0 heterocycles. The van der Waals surface area contributed by atoms with Crippen molar-refractivity contribution in [3.63, 3.8) is 0 Å². The van der Waals surface area contributed by atoms with E-state index in [0.717, 1.165) is 16.3 Å². The molecule has 5 nitrogen and oxygen atoms in total. The summed E-state index contributed by atoms with van der Waals surface area (Å²) < 4.78 is 24.8. The smallest absolute Gasteiger partial charge is 0.251 e. The van der Waals surface area contributed by atoms with E-state index in [9.17, 15) is 13.2 Å². The van der Waals surface area contributed by atoms with E-state index in [0.29, 0.717) is 5.56 Å². The summed E-state index contributed by atoms with van der Waals surface area (Å²) in [6.45, 7) is 2.27. The number of rotatable bonds is 5. The first-order valence-corrected chi connectivity index (χ1v) is 7.97. The Morgan fingerprint density at radius 1 is 1.33 bits per heavy atom. The Balaban J connectivity index is 2.54. The van der Waals surface area contributed by atoms with Gasteiger partial charge in [0.2, 0.25) is 10.0 Å². The zero-order chi connectivity index (χ0) is 13.8. The molecular weight excluding hydrogens is 320 g/mol. The number of sulfonamides is 1. The van der Waals surface area contributed by atoms with Gasteiger partial charge in [-0.3, -0.25) is 4.79 Å². The Kier molecular flexibility index (Phi) is 5.30. The van der Waals surface area contributed by atoms with E-state index in [4.69, 9.17) is 0 Å². The minimum Gasteiger partial charge on any atom is -0.351 e. The number of hydrogen-bond donors (Lipinski definition) is 2. The van der Waals surface area contributed by atoms with Crippen LogP contribution in [0.1, 0.15) is 15.9 Å². The minimum atomic E-state index is -3.21. The van der Waals surface area contributed by atoms with Gasteiger partial charge in [-0.15, -0.1) is 0 Å². The molecule has 0 unspecified atom stereocenters. The molecule has 0 aliphatic carbocycles. The number of amides is 1. The number of hydrogen-bond acceptors (Lipinski definition) is 3. The van der Waals surface area contributed by atoms with Crippen molar-refractivity contribution in [3.05, 3.63) is 33.8 Å². The predicted molar refractivity (Wildman–Crippen MR) is 74.1 cm³/mol. The summed E-state index contributed by atoms with van der Waals surface area (Å²) >= 11 is 3.35. The van der Waals surface area contributed by atoms with Gasteiger partial charge in [-0.25, -0.2) is 13.1 Å². The van der Waals surface area contributed by atoms with Crippen molar-refractivity contribution < 1.29 is 13.2 Å². The molecule has 7 heteroatoms. The number of nitrogens with one attached hydrogen (secondary N) is 2. The van der Waals surface area contributed by atoms with E-state index in [1.54, 1.807) is 12.1 Å². The van der Waals surface area contributed by atoms with E-state index in [1.807, 2.05) is 13.0 Å². The van der Waals surface area contributed by atoms with Crippen molar-refractivity contribution in [2.45, 2.75) is 6.92 Å². The van der Waals surface area contributed by atoms with E-state index >= 15 is 0 Å². The van der Waals surface area contributed by atoms with Crippen LogP contribution in [-0.2, 0) is 10.0 Å². The maximum absolute atomic E-state index is 11.8. The van der Waals surface area contributed by atoms with Crippen molar-refractivity contribution in [1.82, 2.24) is 10.0 Å². The summed E-state index contributed by atoms with van der Waals surface area (Å²) in [6.07, 6.45) is 1.08. The average Bonchev–Trinajstić information content (AvgIpc) is 2.26. The molecule has 2 N–H and O–H groups in total. The van der Waals surface area contributed by atoms with Gasteiger partial charge in [-0.05, 0) is 24.6 Å². The molecule has 100 valence electrons. The Morgan fingerprint density at radius 2 is 2.00 bits per heavy atom. The van der Waals surface area contributed by atoms with Gasteiger partial charge >= 0.3 is 0 Å². The van der Waals surface area contributed by atoms with Crippen LogP contribution < -0.4 is 10.0 Å². The van der Waals surface area contributed by atoms with Gasteiger partial charge in [0.15, 0.2) is 0 Å². The topological polar surface area (TPSA) is 75.3 Å². The van der Waals surface area contributed by atoms with Crippen molar-refractivity contribution in [1.29, 1.82) is 0 Å². The largest absolute Gasteiger partial charge is 0.351 e. The molecule has 1 rings (SSSR count). The standard InChI is InChI=1S/C11H15BrN2O3S/c1-8-9(4-3-5-10(8)12)11(15)13-6-7-14-18(2,16)17/h3-5,14H,6-7H2,1-2H3,(H,13,15). The third-order valence-electron chi connectivity index (χ3n) is 2.29. The summed E-state index contributed by atoms with van der Waals surface area (Å²) in [5.41, 5.74) is 1.43. The van der Waals surface area contributed by atoms with Crippen LogP contribution in [0, 0.1) is 6.92 Å². The molecule has 0 aliphatic rings. The van der Waals surface area contributed by atoms with E-state index in [1.165, 1.54) is 0 Å². The van der Waals surface area contributed by atoms with Gasteiger partial charge in [0.05, 0.1) is 6.26 Å². The van der Waals surface area contributed by atoms with Gasteiger partial charge < -0.3 is 5.32 Å². The van der Waals surface area contributed by atoms with Crippen LogP contribution in [-0.4, -0.2) is 33.7 Å². The zero-order valence-corrected chi connectivity index (χ0v) is 12.6. The monoisotopic (exact) mass is 334 g/mol. The first kappa shape index (κ1) is 15.1. The van der Waals surface area contributed by atoms with Crippen molar-refractivity contribution in [2.75, 3.05) is 19.3 Å². The highest BCUT2D eigenvalue weighted by Gasteiger charge is 2.10. The second-order valence-electron chi connectivity index (χ2n) is 3.83. The lowest BCUT2D eigenvalue weighted by Gasteiger charge is -2.09. The summed E-state index contributed by atoms with van der Waals surface area (Å²) in [6, 6.07) is 5.36. The molecular formula is C11H15BrN2O3S. The third-order valence-corrected chi connectivity index (χ3v) is 3.87. The van der Waals surface area contributed by atoms with Crippen LogP contribution in [0.5, 0.6) is 0 Å². The molecule has 0 spiro atoms. The summed E-state index contributed by atoms with van der Waals surface area (Å²) in [7, 11) is -3.21. The lowest BCUT2D eigenvalue weighted by Crippen LogP contribution is -2.34. The molecule has 1 amide bonds. The van der Waals surface area contributed by atoms with E-state index < -0.39 is 10.0 Å². The fourth-order valence-corrected chi connectivity index (χ4v) is 2.20. The molecule has 0 aliphatic heterocycles. The Bertz CT molecular complexity index is 543. The number of halogens is 1. The van der Waals surface area contributed by atoms with Crippen LogP contribution in [0.2, 0.25) is 0 Å². The second kappa shape index (κ2) is 6.31. The highest BCUT2D eigenvalue weighted by atomic mass is 79.9. The first-order valence-electron chi connectivity index (χ1n) is 5.29. The third kappa shape index (κ3) is 4.75. The Hall–Kier alpha value is -0.920. The predicted octanol–water partition coefficient (Wildman–Crippen LogP) is 1.04. The van der Waals surface area contributed by atoms with E-state index in [-0.39, 0.29) is 19.0 Å². The molecule has 0 aromatic heterocycles. The lowest BCUT2D eigenvalue weighted by atomic mass is 10.1. The minimum absolute atomic E-state index is 0.178. The van der Waals surface area contributed by atoms with Crippen molar-refractivity contribution in [3.8, 4) is 0 Å². The second-order valence-corrected chi connectivity index (χ2v) is 6.52. The molecule has 0 fully saturated rings. The van der Waals surface area contributed by atoms with Gasteiger partial charge in [0.25, 0.3) is 5.91 Å². The Labute approximate surface area is 115 Å². The van der Waals surface area contributed by atoms with Gasteiger partial charge in [-0.2, -0.15) is 0 Å². The maximum Gasteiger partial charge on any atom is 0.251 e. The SMILES string of the molecule is Cc1c(Br)cccc1C(=O)NCCNS(C)(=O)=O. The summed E-state index contributed by atoms with van der Waals surface area (Å²) in [4.78, 5) is 11.8. The maximum atomic E-state index is 11.8. The van der Waals surface area contributed by atoms with Crippen molar-refractivity contribution in [2.24, 2.45) is 0 Å². The number of carbonyl (C=O) groups excluding carboxylic acids is 1. The number of carbonyl (C=O) groups is 1. The van der Waals surface area contributed by atoms with Crippen LogP contribution >= 0.6 is 15.9 Å². The summed E-state index contributed by atoms with van der Waals surface area (Å²) in [5.74, 6) is -0.218.